The molecule has 30 heavy (non-hydrogen) atoms. The van der Waals surface area contributed by atoms with E-state index in [1.165, 1.54) is 5.51 Å². The monoisotopic (exact) mass is 429 g/mol. The third-order valence-electron chi connectivity index (χ3n) is 3.90. The Bertz CT molecular complexity index is 1140. The van der Waals surface area contributed by atoms with Crippen LogP contribution in [0, 0.1) is 0 Å². The fourth-order valence-corrected chi connectivity index (χ4v) is 3.00. The maximum absolute atomic E-state index is 12.8. The van der Waals surface area contributed by atoms with Gasteiger partial charge in [-0.1, -0.05) is 41.7 Å². The number of carboxylic acids is 1. The van der Waals surface area contributed by atoms with E-state index in [9.17, 15) is 24.3 Å². The Balaban J connectivity index is 2.06. The highest BCUT2D eigenvalue weighted by molar-refractivity contribution is 7.13. The number of nitrogens with one attached hydrogen (secondary N) is 2. The van der Waals surface area contributed by atoms with Crippen molar-refractivity contribution in [3.63, 3.8) is 0 Å². The quantitative estimate of drug-likeness (QED) is 0.422. The molecule has 0 saturated carbocycles. The van der Waals surface area contributed by atoms with Crippen molar-refractivity contribution < 1.29 is 24.6 Å². The minimum Gasteiger partial charge on any atom is -0.506 e. The summed E-state index contributed by atoms with van der Waals surface area (Å²) in [7, 11) is 0. The largest absolute Gasteiger partial charge is 0.506 e. The smallest absolute Gasteiger partial charge is 0.322 e. The maximum Gasteiger partial charge on any atom is 0.322 e. The number of benzene rings is 1. The Morgan fingerprint density at radius 2 is 1.87 bits per heavy atom. The van der Waals surface area contributed by atoms with E-state index in [1.54, 1.807) is 30.3 Å². The van der Waals surface area contributed by atoms with Gasteiger partial charge in [0.25, 0.3) is 17.4 Å². The highest BCUT2D eigenvalue weighted by atomic mass is 32.1. The number of carboxylic acid groups (broad SMARTS) is 1. The van der Waals surface area contributed by atoms with Gasteiger partial charge in [-0.25, -0.2) is 0 Å². The van der Waals surface area contributed by atoms with E-state index in [4.69, 9.17) is 5.11 Å². The number of aromatic nitrogens is 3. The number of carbonyl (C=O) groups is 3. The van der Waals surface area contributed by atoms with Crippen LogP contribution in [-0.4, -0.2) is 49.3 Å². The molecule has 0 aliphatic carbocycles. The number of amides is 2. The van der Waals surface area contributed by atoms with Gasteiger partial charge in [0.2, 0.25) is 5.13 Å². The summed E-state index contributed by atoms with van der Waals surface area (Å²) in [4.78, 5) is 48.5. The van der Waals surface area contributed by atoms with Gasteiger partial charge in [-0.05, 0) is 5.56 Å². The lowest BCUT2D eigenvalue weighted by Crippen LogP contribution is -2.36. The molecule has 3 aromatic rings. The third kappa shape index (κ3) is 4.67. The minimum absolute atomic E-state index is 0.0122. The summed E-state index contributed by atoms with van der Waals surface area (Å²) < 4.78 is 1.08. The van der Waals surface area contributed by atoms with Crippen LogP contribution < -0.4 is 16.2 Å². The van der Waals surface area contributed by atoms with Gasteiger partial charge in [0.15, 0.2) is 0 Å². The molecule has 12 heteroatoms. The molecule has 0 unspecified atom stereocenters. The number of hydrogen-bond acceptors (Lipinski definition) is 8. The summed E-state index contributed by atoms with van der Waals surface area (Å²) in [5, 5.41) is 31.1. The summed E-state index contributed by atoms with van der Waals surface area (Å²) in [6, 6.07) is 8.78. The van der Waals surface area contributed by atoms with Gasteiger partial charge in [-0.2, -0.15) is 0 Å². The minimum atomic E-state index is -1.34. The standard InChI is InChI=1S/C18H15N5O6S/c24-12(25)6-19-16(28)13-14(26)11(15(27)21-18-22-20-9-30-18)8-23(17(13)29)7-10-4-2-1-3-5-10/h1-5,8-9,26H,6-7H2,(H,19,28)(H,24,25)(H,21,22,27). The lowest BCUT2D eigenvalue weighted by Gasteiger charge is -2.14. The van der Waals surface area contributed by atoms with Crippen molar-refractivity contribution in [3.05, 3.63) is 69.1 Å². The van der Waals surface area contributed by atoms with E-state index in [-0.39, 0.29) is 17.2 Å². The molecule has 0 saturated heterocycles. The van der Waals surface area contributed by atoms with E-state index < -0.39 is 41.2 Å². The SMILES string of the molecule is O=C(O)CNC(=O)c1c(O)c(C(=O)Nc2nncs2)cn(Cc2ccccc2)c1=O. The Morgan fingerprint density at radius 1 is 1.13 bits per heavy atom. The predicted octanol–water partition coefficient (Wildman–Crippen LogP) is 0.520. The predicted molar refractivity (Wildman–Crippen MR) is 106 cm³/mol. The topological polar surface area (TPSA) is 164 Å². The van der Waals surface area contributed by atoms with Gasteiger partial charge in [-0.15, -0.1) is 10.2 Å². The molecule has 2 amide bonds. The molecule has 4 N–H and O–H groups in total. The second-order valence-corrected chi connectivity index (χ2v) is 6.79. The van der Waals surface area contributed by atoms with Crippen LogP contribution >= 0.6 is 11.3 Å². The summed E-state index contributed by atoms with van der Waals surface area (Å²) in [6.45, 7) is -0.754. The zero-order valence-electron chi connectivity index (χ0n) is 15.2. The zero-order valence-corrected chi connectivity index (χ0v) is 16.0. The van der Waals surface area contributed by atoms with E-state index >= 15 is 0 Å². The Hall–Kier alpha value is -4.06. The molecule has 11 nitrogen and oxygen atoms in total. The fourth-order valence-electron chi connectivity index (χ4n) is 2.56. The van der Waals surface area contributed by atoms with Crippen molar-refractivity contribution in [1.29, 1.82) is 0 Å². The first-order valence-corrected chi connectivity index (χ1v) is 9.32. The molecule has 1 aromatic carbocycles. The van der Waals surface area contributed by atoms with Crippen LogP contribution in [0.15, 0.2) is 46.8 Å². The highest BCUT2D eigenvalue weighted by Crippen LogP contribution is 2.22. The summed E-state index contributed by atoms with van der Waals surface area (Å²) in [6.07, 6.45) is 1.12. The molecule has 0 bridgehead atoms. The van der Waals surface area contributed by atoms with Crippen molar-refractivity contribution in [2.24, 2.45) is 0 Å². The van der Waals surface area contributed by atoms with Crippen molar-refractivity contribution >= 4 is 34.3 Å². The van der Waals surface area contributed by atoms with Crippen molar-refractivity contribution in [1.82, 2.24) is 20.1 Å². The Labute approximate surface area is 172 Å². The van der Waals surface area contributed by atoms with Crippen LogP contribution in [0.25, 0.3) is 0 Å². The summed E-state index contributed by atoms with van der Waals surface area (Å²) >= 11 is 1.03. The molecule has 0 aliphatic heterocycles. The Morgan fingerprint density at radius 3 is 2.50 bits per heavy atom. The number of aliphatic carboxylic acids is 1. The first-order chi connectivity index (χ1) is 14.4. The molecule has 2 aromatic heterocycles. The third-order valence-corrected chi connectivity index (χ3v) is 4.51. The normalized spacial score (nSPS) is 10.4. The second-order valence-electron chi connectivity index (χ2n) is 5.96. The first-order valence-electron chi connectivity index (χ1n) is 8.44. The second kappa shape index (κ2) is 8.96. The highest BCUT2D eigenvalue weighted by Gasteiger charge is 2.25. The average Bonchev–Trinajstić information content (AvgIpc) is 3.22. The van der Waals surface area contributed by atoms with Crippen molar-refractivity contribution in [2.45, 2.75) is 6.54 Å². The average molecular weight is 429 g/mol. The van der Waals surface area contributed by atoms with E-state index in [0.29, 0.717) is 5.56 Å². The molecule has 0 aliphatic rings. The summed E-state index contributed by atoms with van der Waals surface area (Å²) in [5.74, 6) is -4.14. The molecule has 0 radical (unpaired) electrons. The first kappa shape index (κ1) is 20.7. The van der Waals surface area contributed by atoms with Crippen LogP contribution in [0.5, 0.6) is 5.75 Å². The van der Waals surface area contributed by atoms with Gasteiger partial charge in [0.1, 0.15) is 23.4 Å². The van der Waals surface area contributed by atoms with E-state index in [0.717, 1.165) is 22.1 Å². The number of carbonyl (C=O) groups excluding carboxylic acids is 2. The number of aromatic hydroxyl groups is 1. The molecule has 3 rings (SSSR count). The molecular weight excluding hydrogens is 414 g/mol. The van der Waals surface area contributed by atoms with E-state index in [1.807, 2.05) is 5.32 Å². The molecule has 154 valence electrons. The molecule has 0 atom stereocenters. The molecular formula is C18H15N5O6S. The molecule has 2 heterocycles. The number of anilines is 1. The van der Waals surface area contributed by atoms with Gasteiger partial charge >= 0.3 is 5.97 Å². The number of nitrogens with zero attached hydrogens (tertiary/aromatic N) is 3. The van der Waals surface area contributed by atoms with Gasteiger partial charge in [-0.3, -0.25) is 24.5 Å². The van der Waals surface area contributed by atoms with Gasteiger partial charge < -0.3 is 20.1 Å². The summed E-state index contributed by atoms with van der Waals surface area (Å²) in [5.41, 5.74) is 0.110. The van der Waals surface area contributed by atoms with Crippen molar-refractivity contribution in [3.8, 4) is 5.75 Å². The number of pyridine rings is 1. The fraction of sp³-hybridized carbons (Fsp3) is 0.111. The van der Waals surface area contributed by atoms with Gasteiger partial charge in [0, 0.05) is 6.20 Å². The molecule has 0 spiro atoms. The lowest BCUT2D eigenvalue weighted by atomic mass is 10.1. The lowest BCUT2D eigenvalue weighted by molar-refractivity contribution is -0.135. The van der Waals surface area contributed by atoms with Crippen LogP contribution in [0.3, 0.4) is 0 Å². The van der Waals surface area contributed by atoms with Crippen molar-refractivity contribution in [2.75, 3.05) is 11.9 Å². The van der Waals surface area contributed by atoms with Crippen LogP contribution in [-0.2, 0) is 11.3 Å². The van der Waals surface area contributed by atoms with Gasteiger partial charge in [0.05, 0.1) is 12.1 Å². The van der Waals surface area contributed by atoms with Crippen LogP contribution in [0.4, 0.5) is 5.13 Å². The zero-order chi connectivity index (χ0) is 21.7. The molecule has 0 fully saturated rings. The van der Waals surface area contributed by atoms with Crippen LogP contribution in [0.2, 0.25) is 0 Å². The Kier molecular flexibility index (Phi) is 6.17. The maximum atomic E-state index is 12.8. The van der Waals surface area contributed by atoms with E-state index in [2.05, 4.69) is 15.5 Å². The number of rotatable bonds is 7. The van der Waals surface area contributed by atoms with Crippen LogP contribution in [0.1, 0.15) is 26.3 Å². The number of hydrogen-bond donors (Lipinski definition) is 4.